The third kappa shape index (κ3) is 4.53. The molecule has 1 rings (SSSR count). The molecule has 0 saturated carbocycles. The van der Waals surface area contributed by atoms with Crippen molar-refractivity contribution in [2.24, 2.45) is 0 Å². The molecule has 0 spiro atoms. The number of allylic oxidation sites excluding steroid dienone is 1. The smallest absolute Gasteiger partial charge is 0.356 e. The molecule has 0 amide bonds. The van der Waals surface area contributed by atoms with Crippen molar-refractivity contribution in [2.45, 2.75) is 25.7 Å². The number of hydrogen-bond donors (Lipinski definition) is 1. The summed E-state index contributed by atoms with van der Waals surface area (Å²) in [6.07, 6.45) is 9.14. The standard InChI is InChI=1S/C13H19N3O2/c1-3-4-5-6-7-8-16(2)12-10-14-11(9-15-12)13(17)18/h3,9-10H,1,4-8H2,2H3,(H,17,18). The lowest BCUT2D eigenvalue weighted by Gasteiger charge is -2.17. The van der Waals surface area contributed by atoms with Crippen molar-refractivity contribution < 1.29 is 9.90 Å². The molecule has 1 aromatic rings. The minimum atomic E-state index is -1.05. The molecular weight excluding hydrogens is 230 g/mol. The van der Waals surface area contributed by atoms with Crippen molar-refractivity contribution in [3.8, 4) is 0 Å². The highest BCUT2D eigenvalue weighted by molar-refractivity contribution is 5.84. The number of unbranched alkanes of at least 4 members (excludes halogenated alkanes) is 3. The molecule has 18 heavy (non-hydrogen) atoms. The fourth-order valence-electron chi connectivity index (χ4n) is 1.56. The minimum Gasteiger partial charge on any atom is -0.476 e. The van der Waals surface area contributed by atoms with Crippen molar-refractivity contribution in [2.75, 3.05) is 18.5 Å². The van der Waals surface area contributed by atoms with Crippen LogP contribution in [0, 0.1) is 0 Å². The summed E-state index contributed by atoms with van der Waals surface area (Å²) < 4.78 is 0. The first-order valence-electron chi connectivity index (χ1n) is 6.02. The molecule has 0 aromatic carbocycles. The van der Waals surface area contributed by atoms with Crippen LogP contribution in [-0.4, -0.2) is 34.6 Å². The second-order valence-electron chi connectivity index (χ2n) is 4.12. The van der Waals surface area contributed by atoms with Gasteiger partial charge < -0.3 is 10.0 Å². The van der Waals surface area contributed by atoms with Crippen molar-refractivity contribution in [1.29, 1.82) is 0 Å². The van der Waals surface area contributed by atoms with Crippen LogP contribution in [0.4, 0.5) is 5.82 Å². The summed E-state index contributed by atoms with van der Waals surface area (Å²) >= 11 is 0. The van der Waals surface area contributed by atoms with Crippen LogP contribution in [0.1, 0.15) is 36.2 Å². The van der Waals surface area contributed by atoms with E-state index in [2.05, 4.69) is 16.5 Å². The Morgan fingerprint density at radius 2 is 2.17 bits per heavy atom. The number of rotatable bonds is 8. The van der Waals surface area contributed by atoms with Crippen LogP contribution in [0.15, 0.2) is 25.0 Å². The van der Waals surface area contributed by atoms with Gasteiger partial charge in [0.05, 0.1) is 12.4 Å². The van der Waals surface area contributed by atoms with Gasteiger partial charge in [0.2, 0.25) is 0 Å². The monoisotopic (exact) mass is 249 g/mol. The maximum Gasteiger partial charge on any atom is 0.356 e. The van der Waals surface area contributed by atoms with Crippen molar-refractivity contribution in [3.63, 3.8) is 0 Å². The van der Waals surface area contributed by atoms with Gasteiger partial charge in [-0.25, -0.2) is 14.8 Å². The van der Waals surface area contributed by atoms with E-state index in [9.17, 15) is 4.79 Å². The van der Waals surface area contributed by atoms with Gasteiger partial charge in [-0.05, 0) is 19.3 Å². The van der Waals surface area contributed by atoms with Crippen LogP contribution in [0.2, 0.25) is 0 Å². The van der Waals surface area contributed by atoms with Gasteiger partial charge in [0.1, 0.15) is 5.82 Å². The molecule has 0 saturated heterocycles. The molecular formula is C13H19N3O2. The molecule has 0 atom stereocenters. The van der Waals surface area contributed by atoms with Gasteiger partial charge >= 0.3 is 5.97 Å². The minimum absolute atomic E-state index is 0.0295. The molecule has 98 valence electrons. The quantitative estimate of drug-likeness (QED) is 0.566. The normalized spacial score (nSPS) is 10.1. The predicted octanol–water partition coefficient (Wildman–Crippen LogP) is 2.36. The van der Waals surface area contributed by atoms with E-state index in [0.29, 0.717) is 5.82 Å². The van der Waals surface area contributed by atoms with Crippen LogP contribution >= 0.6 is 0 Å². The topological polar surface area (TPSA) is 66.3 Å². The van der Waals surface area contributed by atoms with E-state index < -0.39 is 5.97 Å². The number of carboxylic acids is 1. The van der Waals surface area contributed by atoms with Crippen LogP contribution in [0.25, 0.3) is 0 Å². The van der Waals surface area contributed by atoms with Gasteiger partial charge in [0, 0.05) is 13.6 Å². The number of anilines is 1. The lowest BCUT2D eigenvalue weighted by atomic mass is 10.2. The third-order valence-corrected chi connectivity index (χ3v) is 2.65. The summed E-state index contributed by atoms with van der Waals surface area (Å²) in [5.41, 5.74) is -0.0295. The van der Waals surface area contributed by atoms with E-state index in [1.54, 1.807) is 0 Å². The number of aromatic nitrogens is 2. The molecule has 5 nitrogen and oxygen atoms in total. The van der Waals surface area contributed by atoms with E-state index >= 15 is 0 Å². The summed E-state index contributed by atoms with van der Waals surface area (Å²) in [7, 11) is 1.93. The molecule has 1 aromatic heterocycles. The second-order valence-corrected chi connectivity index (χ2v) is 4.12. The summed E-state index contributed by atoms with van der Waals surface area (Å²) in [6, 6.07) is 0. The molecule has 0 fully saturated rings. The Balaban J connectivity index is 2.39. The van der Waals surface area contributed by atoms with Crippen molar-refractivity contribution in [3.05, 3.63) is 30.7 Å². The van der Waals surface area contributed by atoms with Crippen LogP contribution < -0.4 is 4.90 Å². The molecule has 1 N–H and O–H groups in total. The molecule has 0 bridgehead atoms. The van der Waals surface area contributed by atoms with Crippen LogP contribution in [-0.2, 0) is 0 Å². The Kier molecular flexibility index (Phi) is 5.84. The highest BCUT2D eigenvalue weighted by atomic mass is 16.4. The summed E-state index contributed by atoms with van der Waals surface area (Å²) in [5, 5.41) is 8.71. The van der Waals surface area contributed by atoms with Gasteiger partial charge in [-0.3, -0.25) is 0 Å². The molecule has 0 unspecified atom stereocenters. The molecule has 0 aliphatic carbocycles. The molecule has 5 heteroatoms. The average Bonchev–Trinajstić information content (AvgIpc) is 2.38. The van der Waals surface area contributed by atoms with Crippen LogP contribution in [0.5, 0.6) is 0 Å². The predicted molar refractivity (Wildman–Crippen MR) is 70.9 cm³/mol. The average molecular weight is 249 g/mol. The number of hydrogen-bond acceptors (Lipinski definition) is 4. The number of carboxylic acid groups (broad SMARTS) is 1. The van der Waals surface area contributed by atoms with Gasteiger partial charge in [-0.1, -0.05) is 12.5 Å². The number of aromatic carboxylic acids is 1. The Hall–Kier alpha value is -1.91. The lowest BCUT2D eigenvalue weighted by Crippen LogP contribution is -2.20. The Bertz CT molecular complexity index is 390. The molecule has 0 radical (unpaired) electrons. The molecule has 0 aliphatic rings. The van der Waals surface area contributed by atoms with Crippen molar-refractivity contribution >= 4 is 11.8 Å². The van der Waals surface area contributed by atoms with Gasteiger partial charge in [0.25, 0.3) is 0 Å². The highest BCUT2D eigenvalue weighted by Gasteiger charge is 2.07. The maximum atomic E-state index is 10.6. The lowest BCUT2D eigenvalue weighted by molar-refractivity contribution is 0.0690. The fraction of sp³-hybridized carbons (Fsp3) is 0.462. The first-order valence-corrected chi connectivity index (χ1v) is 6.02. The van der Waals surface area contributed by atoms with Gasteiger partial charge in [-0.15, -0.1) is 6.58 Å². The number of carbonyl (C=O) groups is 1. The molecule has 1 heterocycles. The SMILES string of the molecule is C=CCCCCCN(C)c1cnc(C(=O)O)cn1. The van der Waals surface area contributed by atoms with Crippen molar-refractivity contribution in [1.82, 2.24) is 9.97 Å². The maximum absolute atomic E-state index is 10.6. The van der Waals surface area contributed by atoms with Crippen LogP contribution in [0.3, 0.4) is 0 Å². The number of nitrogens with zero attached hydrogens (tertiary/aromatic N) is 3. The third-order valence-electron chi connectivity index (χ3n) is 2.65. The van der Waals surface area contributed by atoms with E-state index in [-0.39, 0.29) is 5.69 Å². The summed E-state index contributed by atoms with van der Waals surface area (Å²) in [5.74, 6) is -0.357. The fourth-order valence-corrected chi connectivity index (χ4v) is 1.56. The first-order chi connectivity index (χ1) is 8.65. The summed E-state index contributed by atoms with van der Waals surface area (Å²) in [6.45, 7) is 4.57. The van der Waals surface area contributed by atoms with E-state index in [1.165, 1.54) is 12.4 Å². The van der Waals surface area contributed by atoms with Gasteiger partial charge in [-0.2, -0.15) is 0 Å². The zero-order valence-corrected chi connectivity index (χ0v) is 10.7. The highest BCUT2D eigenvalue weighted by Crippen LogP contribution is 2.09. The largest absolute Gasteiger partial charge is 0.476 e. The second kappa shape index (κ2) is 7.42. The Labute approximate surface area is 107 Å². The molecule has 0 aliphatic heterocycles. The van der Waals surface area contributed by atoms with Gasteiger partial charge in [0.15, 0.2) is 5.69 Å². The Morgan fingerprint density at radius 3 is 2.72 bits per heavy atom. The first kappa shape index (κ1) is 14.2. The summed E-state index contributed by atoms with van der Waals surface area (Å²) in [4.78, 5) is 20.5. The van der Waals surface area contributed by atoms with E-state index in [4.69, 9.17) is 5.11 Å². The Morgan fingerprint density at radius 1 is 1.39 bits per heavy atom. The van der Waals surface area contributed by atoms with E-state index in [0.717, 1.165) is 32.2 Å². The zero-order chi connectivity index (χ0) is 13.4. The zero-order valence-electron chi connectivity index (χ0n) is 10.7. The van der Waals surface area contributed by atoms with E-state index in [1.807, 2.05) is 18.0 Å².